The molecular weight excluding hydrogens is 204 g/mol. The van der Waals surface area contributed by atoms with Gasteiger partial charge in [0.1, 0.15) is 0 Å². The molecule has 0 heterocycles. The zero-order chi connectivity index (χ0) is 11.8. The first-order chi connectivity index (χ1) is 7.76. The van der Waals surface area contributed by atoms with E-state index in [4.69, 9.17) is 5.26 Å². The molecule has 0 amide bonds. The van der Waals surface area contributed by atoms with Crippen LogP contribution in [-0.4, -0.2) is 19.6 Å². The van der Waals surface area contributed by atoms with Crippen LogP contribution < -0.4 is 5.32 Å². The fraction of sp³-hybridized carbons (Fsp3) is 0.333. The number of nitrogens with zero attached hydrogens (tertiary/aromatic N) is 1. The second kappa shape index (κ2) is 6.46. The Hall–Kier alpha value is -2.02. The van der Waals surface area contributed by atoms with E-state index in [2.05, 4.69) is 16.1 Å². The van der Waals surface area contributed by atoms with Crippen molar-refractivity contribution in [2.24, 2.45) is 0 Å². The maximum Gasteiger partial charge on any atom is 0.305 e. The van der Waals surface area contributed by atoms with Crippen molar-refractivity contribution in [3.05, 3.63) is 29.8 Å². The van der Waals surface area contributed by atoms with Gasteiger partial charge < -0.3 is 10.1 Å². The molecule has 16 heavy (non-hydrogen) atoms. The molecule has 0 bridgehead atoms. The SMILES string of the molecule is COC(=O)CCCNc1ccc(C#N)cc1. The Morgan fingerprint density at radius 1 is 1.44 bits per heavy atom. The summed E-state index contributed by atoms with van der Waals surface area (Å²) in [6.07, 6.45) is 1.15. The topological polar surface area (TPSA) is 62.1 Å². The van der Waals surface area contributed by atoms with Gasteiger partial charge in [-0.25, -0.2) is 0 Å². The van der Waals surface area contributed by atoms with Gasteiger partial charge in [-0.15, -0.1) is 0 Å². The Balaban J connectivity index is 2.27. The second-order valence-electron chi connectivity index (χ2n) is 3.30. The van der Waals surface area contributed by atoms with Gasteiger partial charge in [-0.05, 0) is 30.7 Å². The van der Waals surface area contributed by atoms with Crippen LogP contribution in [0, 0.1) is 11.3 Å². The van der Waals surface area contributed by atoms with E-state index in [0.717, 1.165) is 12.1 Å². The Kier molecular flexibility index (Phi) is 4.87. The van der Waals surface area contributed by atoms with Crippen LogP contribution in [0.1, 0.15) is 18.4 Å². The number of methoxy groups -OCH3 is 1. The molecule has 84 valence electrons. The third-order valence-electron chi connectivity index (χ3n) is 2.13. The van der Waals surface area contributed by atoms with Gasteiger partial charge in [0, 0.05) is 18.7 Å². The molecule has 0 aliphatic rings. The van der Waals surface area contributed by atoms with E-state index >= 15 is 0 Å². The van der Waals surface area contributed by atoms with Crippen LogP contribution in [0.3, 0.4) is 0 Å². The average Bonchev–Trinajstić information content (AvgIpc) is 2.35. The molecule has 0 saturated carbocycles. The van der Waals surface area contributed by atoms with Crippen LogP contribution in [0.5, 0.6) is 0 Å². The lowest BCUT2D eigenvalue weighted by Gasteiger charge is -2.05. The fourth-order valence-corrected chi connectivity index (χ4v) is 1.23. The van der Waals surface area contributed by atoms with Gasteiger partial charge >= 0.3 is 5.97 Å². The summed E-state index contributed by atoms with van der Waals surface area (Å²) in [4.78, 5) is 10.8. The van der Waals surface area contributed by atoms with Crippen molar-refractivity contribution in [2.75, 3.05) is 19.0 Å². The van der Waals surface area contributed by atoms with Gasteiger partial charge in [-0.1, -0.05) is 0 Å². The molecule has 0 aromatic heterocycles. The minimum atomic E-state index is -0.193. The summed E-state index contributed by atoms with van der Waals surface area (Å²) < 4.78 is 4.53. The smallest absolute Gasteiger partial charge is 0.305 e. The number of nitrogens with one attached hydrogen (secondary N) is 1. The van der Waals surface area contributed by atoms with Crippen LogP contribution in [-0.2, 0) is 9.53 Å². The summed E-state index contributed by atoms with van der Waals surface area (Å²) in [5, 5.41) is 11.8. The van der Waals surface area contributed by atoms with Gasteiger partial charge in [0.05, 0.1) is 18.7 Å². The molecule has 0 aliphatic carbocycles. The van der Waals surface area contributed by atoms with Crippen LogP contribution in [0.2, 0.25) is 0 Å². The summed E-state index contributed by atoms with van der Waals surface area (Å²) in [6.45, 7) is 0.709. The number of hydrogen-bond donors (Lipinski definition) is 1. The van der Waals surface area contributed by atoms with Crippen molar-refractivity contribution in [3.8, 4) is 6.07 Å². The molecule has 1 aromatic carbocycles. The lowest BCUT2D eigenvalue weighted by molar-refractivity contribution is -0.140. The van der Waals surface area contributed by atoms with E-state index in [1.54, 1.807) is 12.1 Å². The van der Waals surface area contributed by atoms with E-state index in [1.165, 1.54) is 7.11 Å². The lowest BCUT2D eigenvalue weighted by Crippen LogP contribution is -2.06. The fourth-order valence-electron chi connectivity index (χ4n) is 1.23. The van der Waals surface area contributed by atoms with E-state index < -0.39 is 0 Å². The number of benzene rings is 1. The average molecular weight is 218 g/mol. The van der Waals surface area contributed by atoms with Crippen molar-refractivity contribution < 1.29 is 9.53 Å². The van der Waals surface area contributed by atoms with Crippen LogP contribution >= 0.6 is 0 Å². The molecule has 0 fully saturated rings. The highest BCUT2D eigenvalue weighted by Crippen LogP contribution is 2.08. The van der Waals surface area contributed by atoms with Gasteiger partial charge in [-0.2, -0.15) is 5.26 Å². The lowest BCUT2D eigenvalue weighted by atomic mass is 10.2. The Morgan fingerprint density at radius 3 is 2.69 bits per heavy atom. The van der Waals surface area contributed by atoms with Crippen LogP contribution in [0.4, 0.5) is 5.69 Å². The zero-order valence-corrected chi connectivity index (χ0v) is 9.19. The first-order valence-corrected chi connectivity index (χ1v) is 5.07. The van der Waals surface area contributed by atoms with Crippen molar-refractivity contribution in [2.45, 2.75) is 12.8 Å². The molecule has 0 aliphatic heterocycles. The van der Waals surface area contributed by atoms with E-state index in [1.807, 2.05) is 12.1 Å². The monoisotopic (exact) mass is 218 g/mol. The van der Waals surface area contributed by atoms with Crippen molar-refractivity contribution >= 4 is 11.7 Å². The van der Waals surface area contributed by atoms with Crippen molar-refractivity contribution in [3.63, 3.8) is 0 Å². The number of hydrogen-bond acceptors (Lipinski definition) is 4. The number of rotatable bonds is 5. The molecule has 4 nitrogen and oxygen atoms in total. The van der Waals surface area contributed by atoms with Gasteiger partial charge in [0.25, 0.3) is 0 Å². The summed E-state index contributed by atoms with van der Waals surface area (Å²) >= 11 is 0. The molecule has 0 saturated heterocycles. The third-order valence-corrected chi connectivity index (χ3v) is 2.13. The van der Waals surface area contributed by atoms with Gasteiger partial charge in [0.15, 0.2) is 0 Å². The highest BCUT2D eigenvalue weighted by molar-refractivity contribution is 5.69. The Morgan fingerprint density at radius 2 is 2.12 bits per heavy atom. The standard InChI is InChI=1S/C12H14N2O2/c1-16-12(15)3-2-8-14-11-6-4-10(9-13)5-7-11/h4-7,14H,2-3,8H2,1H3. The predicted molar refractivity (Wildman–Crippen MR) is 60.9 cm³/mol. The van der Waals surface area contributed by atoms with Gasteiger partial charge in [-0.3, -0.25) is 4.79 Å². The van der Waals surface area contributed by atoms with Crippen molar-refractivity contribution in [1.29, 1.82) is 5.26 Å². The molecule has 0 unspecified atom stereocenters. The highest BCUT2D eigenvalue weighted by atomic mass is 16.5. The first-order valence-electron chi connectivity index (χ1n) is 5.07. The summed E-state index contributed by atoms with van der Waals surface area (Å²) in [5.41, 5.74) is 1.59. The maximum atomic E-state index is 10.8. The molecular formula is C12H14N2O2. The van der Waals surface area contributed by atoms with Crippen LogP contribution in [0.15, 0.2) is 24.3 Å². The van der Waals surface area contributed by atoms with E-state index in [-0.39, 0.29) is 5.97 Å². The molecule has 4 heteroatoms. The highest BCUT2D eigenvalue weighted by Gasteiger charge is 1.99. The molecule has 1 rings (SSSR count). The van der Waals surface area contributed by atoms with E-state index in [0.29, 0.717) is 18.5 Å². The van der Waals surface area contributed by atoms with Crippen molar-refractivity contribution in [1.82, 2.24) is 0 Å². The number of esters is 1. The molecule has 1 N–H and O–H groups in total. The summed E-state index contributed by atoms with van der Waals surface area (Å²) in [5.74, 6) is -0.193. The molecule has 1 aromatic rings. The summed E-state index contributed by atoms with van der Waals surface area (Å²) in [7, 11) is 1.39. The van der Waals surface area contributed by atoms with Gasteiger partial charge in [0.2, 0.25) is 0 Å². The number of ether oxygens (including phenoxy) is 1. The molecule has 0 atom stereocenters. The minimum Gasteiger partial charge on any atom is -0.469 e. The number of carbonyl (C=O) groups is 1. The number of carbonyl (C=O) groups excluding carboxylic acids is 1. The molecule has 0 spiro atoms. The summed E-state index contributed by atoms with van der Waals surface area (Å²) in [6, 6.07) is 9.25. The largest absolute Gasteiger partial charge is 0.469 e. The second-order valence-corrected chi connectivity index (χ2v) is 3.30. The van der Waals surface area contributed by atoms with E-state index in [9.17, 15) is 4.79 Å². The number of nitriles is 1. The Bertz CT molecular complexity index is 379. The predicted octanol–water partition coefficient (Wildman–Crippen LogP) is 1.92. The molecule has 0 radical (unpaired) electrons. The Labute approximate surface area is 94.8 Å². The van der Waals surface area contributed by atoms with Crippen LogP contribution in [0.25, 0.3) is 0 Å². The first kappa shape index (κ1) is 12.1. The number of anilines is 1. The minimum absolute atomic E-state index is 0.193. The maximum absolute atomic E-state index is 10.8. The quantitative estimate of drug-likeness (QED) is 0.606. The zero-order valence-electron chi connectivity index (χ0n) is 9.19. The third kappa shape index (κ3) is 4.01. The normalized spacial score (nSPS) is 9.25.